The van der Waals surface area contributed by atoms with Gasteiger partial charge in [-0.05, 0) is 25.2 Å². The van der Waals surface area contributed by atoms with Crippen LogP contribution in [0.5, 0.6) is 0 Å². The fourth-order valence-electron chi connectivity index (χ4n) is 1.37. The van der Waals surface area contributed by atoms with Crippen LogP contribution in [-0.4, -0.2) is 44.9 Å². The molecule has 0 unspecified atom stereocenters. The number of carbonyl (C=O) groups excluding carboxylic acids is 1. The van der Waals surface area contributed by atoms with Gasteiger partial charge in [-0.25, -0.2) is 22.7 Å². The van der Waals surface area contributed by atoms with Crippen LogP contribution in [0.3, 0.4) is 0 Å². The van der Waals surface area contributed by atoms with Gasteiger partial charge in [0.05, 0.1) is 17.0 Å². The summed E-state index contributed by atoms with van der Waals surface area (Å²) in [7, 11) is -2.16. The number of hydrogen-bond acceptors (Lipinski definition) is 4. The van der Waals surface area contributed by atoms with Crippen molar-refractivity contribution < 1.29 is 23.1 Å². The van der Waals surface area contributed by atoms with Crippen molar-refractivity contribution in [3.8, 4) is 0 Å². The topological polar surface area (TPSA) is 125 Å². The van der Waals surface area contributed by atoms with Crippen LogP contribution < -0.4 is 15.4 Å². The van der Waals surface area contributed by atoms with Crippen molar-refractivity contribution in [3.05, 3.63) is 28.8 Å². The van der Waals surface area contributed by atoms with E-state index in [2.05, 4.69) is 15.4 Å². The third-order valence-corrected chi connectivity index (χ3v) is 4.03. The van der Waals surface area contributed by atoms with E-state index in [-0.39, 0.29) is 28.6 Å². The molecular weight excluding hydrogens is 322 g/mol. The normalized spacial score (nSPS) is 11.0. The number of benzene rings is 1. The minimum atomic E-state index is -3.42. The number of anilines is 1. The van der Waals surface area contributed by atoms with Gasteiger partial charge in [0.2, 0.25) is 10.0 Å². The molecule has 1 rings (SSSR count). The van der Waals surface area contributed by atoms with E-state index in [1.165, 1.54) is 25.2 Å². The van der Waals surface area contributed by atoms with Crippen LogP contribution >= 0.6 is 11.6 Å². The van der Waals surface area contributed by atoms with Crippen molar-refractivity contribution in [2.24, 2.45) is 0 Å². The predicted octanol–water partition coefficient (Wildman–Crippen LogP) is 0.709. The van der Waals surface area contributed by atoms with Crippen LogP contribution in [0.25, 0.3) is 0 Å². The summed E-state index contributed by atoms with van der Waals surface area (Å²) < 4.78 is 24.4. The van der Waals surface area contributed by atoms with E-state index in [0.717, 1.165) is 0 Å². The van der Waals surface area contributed by atoms with Gasteiger partial charge in [0.25, 0.3) is 0 Å². The number of urea groups is 1. The third kappa shape index (κ3) is 5.58. The van der Waals surface area contributed by atoms with Gasteiger partial charge in [0.1, 0.15) is 0 Å². The molecule has 1 aromatic carbocycles. The Morgan fingerprint density at radius 3 is 2.57 bits per heavy atom. The van der Waals surface area contributed by atoms with Crippen LogP contribution in [0.15, 0.2) is 18.2 Å². The molecule has 0 aliphatic rings. The maximum Gasteiger partial charge on any atom is 0.337 e. The monoisotopic (exact) mass is 335 g/mol. The van der Waals surface area contributed by atoms with E-state index in [1.54, 1.807) is 0 Å². The van der Waals surface area contributed by atoms with Crippen molar-refractivity contribution in [3.63, 3.8) is 0 Å². The summed E-state index contributed by atoms with van der Waals surface area (Å²) >= 11 is 5.74. The second-order valence-corrected chi connectivity index (χ2v) is 6.38. The number of carboxylic acid groups (broad SMARTS) is 1. The van der Waals surface area contributed by atoms with E-state index in [9.17, 15) is 18.0 Å². The highest BCUT2D eigenvalue weighted by Crippen LogP contribution is 2.21. The summed E-state index contributed by atoms with van der Waals surface area (Å²) in [4.78, 5) is 22.6. The van der Waals surface area contributed by atoms with E-state index in [1.807, 2.05) is 0 Å². The van der Waals surface area contributed by atoms with Crippen molar-refractivity contribution in [1.29, 1.82) is 0 Å². The van der Waals surface area contributed by atoms with E-state index < -0.39 is 22.0 Å². The average Bonchev–Trinajstić information content (AvgIpc) is 2.38. The summed E-state index contributed by atoms with van der Waals surface area (Å²) in [5, 5.41) is 13.8. The Hall–Kier alpha value is -1.84. The fourth-order valence-corrected chi connectivity index (χ4v) is 2.12. The molecule has 21 heavy (non-hydrogen) atoms. The first-order valence-electron chi connectivity index (χ1n) is 5.74. The molecule has 8 nitrogen and oxygen atoms in total. The first-order valence-corrected chi connectivity index (χ1v) is 7.77. The Morgan fingerprint density at radius 2 is 2.00 bits per heavy atom. The summed E-state index contributed by atoms with van der Waals surface area (Å²) in [6, 6.07) is 3.19. The Labute approximate surface area is 126 Å². The molecule has 0 heterocycles. The molecule has 0 saturated heterocycles. The lowest BCUT2D eigenvalue weighted by Gasteiger charge is -2.10. The highest BCUT2D eigenvalue weighted by molar-refractivity contribution is 7.89. The number of sulfonamides is 1. The molecular formula is C11H14ClN3O5S. The lowest BCUT2D eigenvalue weighted by molar-refractivity contribution is 0.0698. The van der Waals surface area contributed by atoms with Crippen LogP contribution in [0.4, 0.5) is 10.5 Å². The van der Waals surface area contributed by atoms with Gasteiger partial charge >= 0.3 is 12.0 Å². The largest absolute Gasteiger partial charge is 0.478 e. The van der Waals surface area contributed by atoms with Gasteiger partial charge in [-0.1, -0.05) is 11.6 Å². The number of amides is 2. The van der Waals surface area contributed by atoms with E-state index in [4.69, 9.17) is 16.7 Å². The maximum atomic E-state index is 11.6. The molecule has 0 aromatic heterocycles. The standard InChI is InChI=1S/C11H14ClN3O5S/c1-13-21(19,20)5-4-14-11(18)15-9-6-7(12)2-3-8(9)10(16)17/h2-3,6,13H,4-5H2,1H3,(H,16,17)(H2,14,15,18). The second kappa shape index (κ2) is 7.25. The van der Waals surface area contributed by atoms with E-state index in [0.29, 0.717) is 0 Å². The predicted molar refractivity (Wildman–Crippen MR) is 78.3 cm³/mol. The molecule has 0 aliphatic heterocycles. The molecule has 0 radical (unpaired) electrons. The Balaban J connectivity index is 2.67. The zero-order valence-corrected chi connectivity index (χ0v) is 12.6. The number of hydrogen-bond donors (Lipinski definition) is 4. The number of aromatic carboxylic acids is 1. The number of halogens is 1. The van der Waals surface area contributed by atoms with Crippen LogP contribution in [-0.2, 0) is 10.0 Å². The molecule has 0 aliphatic carbocycles. The highest BCUT2D eigenvalue weighted by atomic mass is 35.5. The van der Waals surface area contributed by atoms with Gasteiger partial charge < -0.3 is 15.7 Å². The fraction of sp³-hybridized carbons (Fsp3) is 0.273. The lowest BCUT2D eigenvalue weighted by atomic mass is 10.2. The Kier molecular flexibility index (Phi) is 5.94. The minimum absolute atomic E-state index is 0.0176. The third-order valence-electron chi connectivity index (χ3n) is 2.43. The van der Waals surface area contributed by atoms with Crippen molar-refractivity contribution in [1.82, 2.24) is 10.0 Å². The molecule has 10 heteroatoms. The molecule has 0 saturated carbocycles. The number of nitrogens with one attached hydrogen (secondary N) is 3. The molecule has 1 aromatic rings. The van der Waals surface area contributed by atoms with E-state index >= 15 is 0 Å². The second-order valence-electron chi connectivity index (χ2n) is 3.90. The molecule has 0 fully saturated rings. The van der Waals surface area contributed by atoms with Gasteiger partial charge in [-0.15, -0.1) is 0 Å². The first-order chi connectivity index (χ1) is 9.75. The maximum absolute atomic E-state index is 11.6. The van der Waals surface area contributed by atoms with Crippen LogP contribution in [0, 0.1) is 0 Å². The SMILES string of the molecule is CNS(=O)(=O)CCNC(=O)Nc1cc(Cl)ccc1C(=O)O. The average molecular weight is 336 g/mol. The first kappa shape index (κ1) is 17.2. The van der Waals surface area contributed by atoms with Crippen molar-refractivity contribution in [2.45, 2.75) is 0 Å². The summed E-state index contributed by atoms with van der Waals surface area (Å²) in [5.41, 5.74) is -0.110. The van der Waals surface area contributed by atoms with Gasteiger partial charge in [0.15, 0.2) is 0 Å². The van der Waals surface area contributed by atoms with Crippen LogP contribution in [0.2, 0.25) is 5.02 Å². The quantitative estimate of drug-likeness (QED) is 0.609. The highest BCUT2D eigenvalue weighted by Gasteiger charge is 2.13. The molecule has 0 atom stereocenters. The number of carbonyl (C=O) groups is 2. The Bertz CT molecular complexity index is 647. The molecule has 116 valence electrons. The number of rotatable bonds is 6. The van der Waals surface area contributed by atoms with Crippen LogP contribution in [0.1, 0.15) is 10.4 Å². The smallest absolute Gasteiger partial charge is 0.337 e. The minimum Gasteiger partial charge on any atom is -0.478 e. The zero-order chi connectivity index (χ0) is 16.0. The lowest BCUT2D eigenvalue weighted by Crippen LogP contribution is -2.35. The van der Waals surface area contributed by atoms with Crippen molar-refractivity contribution >= 4 is 39.3 Å². The molecule has 0 bridgehead atoms. The van der Waals surface area contributed by atoms with Gasteiger partial charge in [-0.2, -0.15) is 0 Å². The molecule has 0 spiro atoms. The Morgan fingerprint density at radius 1 is 1.33 bits per heavy atom. The zero-order valence-electron chi connectivity index (χ0n) is 11.0. The van der Waals surface area contributed by atoms with Gasteiger partial charge in [0, 0.05) is 11.6 Å². The van der Waals surface area contributed by atoms with Gasteiger partial charge in [-0.3, -0.25) is 0 Å². The summed E-state index contributed by atoms with van der Waals surface area (Å²) in [5.74, 6) is -1.52. The molecule has 4 N–H and O–H groups in total. The number of carboxylic acids is 1. The summed E-state index contributed by atoms with van der Waals surface area (Å²) in [6.45, 7) is -0.127. The van der Waals surface area contributed by atoms with Crippen molar-refractivity contribution in [2.75, 3.05) is 24.7 Å². The summed E-state index contributed by atoms with van der Waals surface area (Å²) in [6.07, 6.45) is 0. The molecule has 2 amide bonds.